The minimum atomic E-state index is -1.40. The molecule has 0 N–H and O–H groups in total. The first-order valence-corrected chi connectivity index (χ1v) is 11.0. The lowest BCUT2D eigenvalue weighted by molar-refractivity contribution is 0.375. The Labute approximate surface area is 128 Å². The van der Waals surface area contributed by atoms with E-state index in [1.165, 1.54) is 16.7 Å². The maximum Gasteiger partial charge on any atom is 0.0883 e. The van der Waals surface area contributed by atoms with Gasteiger partial charge >= 0.3 is 0 Å². The Morgan fingerprint density at radius 3 is 2.33 bits per heavy atom. The molecular weight excluding hydrogens is 268 g/mol. The zero-order chi connectivity index (χ0) is 14.8. The monoisotopic (exact) mass is 290 g/mol. The highest BCUT2D eigenvalue weighted by Crippen LogP contribution is 2.62. The SMILES string of the molecule is C=C1C2c3cc(-c4ccccc4)ccc3[Si](C)(C)C1C2C. The van der Waals surface area contributed by atoms with Crippen molar-refractivity contribution in [1.82, 2.24) is 0 Å². The Balaban J connectivity index is 1.90. The predicted octanol–water partition coefficient (Wildman–Crippen LogP) is 4.94. The number of hydrogen-bond donors (Lipinski definition) is 0. The third-order valence-electron chi connectivity index (χ3n) is 5.82. The van der Waals surface area contributed by atoms with Crippen LogP contribution in [0.25, 0.3) is 11.1 Å². The third kappa shape index (κ3) is 1.61. The molecule has 2 bridgehead atoms. The van der Waals surface area contributed by atoms with Crippen LogP contribution in [0.2, 0.25) is 18.6 Å². The molecule has 21 heavy (non-hydrogen) atoms. The zero-order valence-electron chi connectivity index (χ0n) is 13.1. The molecule has 2 heterocycles. The summed E-state index contributed by atoms with van der Waals surface area (Å²) in [5.74, 6) is 1.40. The molecule has 3 unspecified atom stereocenters. The molecule has 106 valence electrons. The average molecular weight is 290 g/mol. The normalized spacial score (nSPS) is 28.7. The van der Waals surface area contributed by atoms with E-state index < -0.39 is 8.07 Å². The summed E-state index contributed by atoms with van der Waals surface area (Å²) in [6.45, 7) is 11.9. The van der Waals surface area contributed by atoms with Crippen LogP contribution >= 0.6 is 0 Å². The lowest BCUT2D eigenvalue weighted by atomic mass is 9.66. The molecule has 0 amide bonds. The first-order chi connectivity index (χ1) is 10.0. The van der Waals surface area contributed by atoms with Crippen LogP contribution in [0.5, 0.6) is 0 Å². The summed E-state index contributed by atoms with van der Waals surface area (Å²) in [5.41, 5.74) is 6.55. The van der Waals surface area contributed by atoms with Crippen LogP contribution in [0.4, 0.5) is 0 Å². The Kier molecular flexibility index (Phi) is 2.62. The summed E-state index contributed by atoms with van der Waals surface area (Å²) in [6.07, 6.45) is 0. The van der Waals surface area contributed by atoms with Crippen LogP contribution in [0.3, 0.4) is 0 Å². The van der Waals surface area contributed by atoms with Crippen molar-refractivity contribution in [1.29, 1.82) is 0 Å². The van der Waals surface area contributed by atoms with Gasteiger partial charge in [0.2, 0.25) is 0 Å². The summed E-state index contributed by atoms with van der Waals surface area (Å²) < 4.78 is 0. The van der Waals surface area contributed by atoms with Gasteiger partial charge < -0.3 is 0 Å². The minimum absolute atomic E-state index is 0.606. The third-order valence-corrected chi connectivity index (χ3v) is 10.1. The summed E-state index contributed by atoms with van der Waals surface area (Å²) in [7, 11) is -1.40. The summed E-state index contributed by atoms with van der Waals surface area (Å²) in [4.78, 5) is 0. The topological polar surface area (TPSA) is 0 Å². The van der Waals surface area contributed by atoms with E-state index in [9.17, 15) is 0 Å². The quantitative estimate of drug-likeness (QED) is 0.515. The number of hydrogen-bond acceptors (Lipinski definition) is 0. The number of rotatable bonds is 1. The Hall–Kier alpha value is -1.60. The molecule has 1 saturated carbocycles. The summed E-state index contributed by atoms with van der Waals surface area (Å²) >= 11 is 0. The molecule has 1 aliphatic carbocycles. The molecule has 1 fully saturated rings. The van der Waals surface area contributed by atoms with Crippen LogP contribution in [0.15, 0.2) is 60.7 Å². The molecule has 2 aromatic rings. The molecule has 3 aliphatic rings. The van der Waals surface area contributed by atoms with Gasteiger partial charge in [-0.2, -0.15) is 0 Å². The van der Waals surface area contributed by atoms with Gasteiger partial charge in [-0.3, -0.25) is 0 Å². The molecule has 3 atom stereocenters. The molecule has 0 aromatic heterocycles. The highest BCUT2D eigenvalue weighted by molar-refractivity contribution is 6.92. The van der Waals surface area contributed by atoms with Gasteiger partial charge in [0, 0.05) is 5.92 Å². The lowest BCUT2D eigenvalue weighted by Gasteiger charge is -2.58. The van der Waals surface area contributed by atoms with Gasteiger partial charge in [0.25, 0.3) is 0 Å². The van der Waals surface area contributed by atoms with E-state index in [-0.39, 0.29) is 0 Å². The van der Waals surface area contributed by atoms with Gasteiger partial charge in [0.1, 0.15) is 0 Å². The summed E-state index contributed by atoms with van der Waals surface area (Å²) in [5, 5.41) is 1.67. The van der Waals surface area contributed by atoms with Crippen molar-refractivity contribution in [3.8, 4) is 11.1 Å². The van der Waals surface area contributed by atoms with Gasteiger partial charge in [-0.15, -0.1) is 0 Å². The molecule has 1 heteroatoms. The smallest absolute Gasteiger partial charge is 0.0883 e. The van der Waals surface area contributed by atoms with Crippen molar-refractivity contribution in [2.24, 2.45) is 5.92 Å². The largest absolute Gasteiger partial charge is 0.0992 e. The van der Waals surface area contributed by atoms with Crippen molar-refractivity contribution in [3.63, 3.8) is 0 Å². The highest BCUT2D eigenvalue weighted by Gasteiger charge is 2.56. The average Bonchev–Trinajstić information content (AvgIpc) is 2.47. The fraction of sp³-hybridized carbons (Fsp3) is 0.300. The van der Waals surface area contributed by atoms with Crippen molar-refractivity contribution in [2.45, 2.75) is 31.5 Å². The molecular formula is C20H22Si. The maximum atomic E-state index is 4.43. The first-order valence-electron chi connectivity index (χ1n) is 7.90. The maximum absolute atomic E-state index is 4.43. The molecule has 0 radical (unpaired) electrons. The van der Waals surface area contributed by atoms with Gasteiger partial charge in [-0.1, -0.05) is 85.9 Å². The number of allylic oxidation sites excluding steroid dienone is 1. The van der Waals surface area contributed by atoms with E-state index in [1.54, 1.807) is 10.8 Å². The van der Waals surface area contributed by atoms with Gasteiger partial charge in [-0.25, -0.2) is 0 Å². The van der Waals surface area contributed by atoms with E-state index in [0.29, 0.717) is 5.92 Å². The zero-order valence-corrected chi connectivity index (χ0v) is 14.1. The lowest BCUT2D eigenvalue weighted by Crippen LogP contribution is -2.61. The highest BCUT2D eigenvalue weighted by atomic mass is 28.3. The standard InChI is InChI=1S/C20H22Si/c1-13-19-14(2)20(13)21(3,4)18-11-10-16(12-17(18)19)15-8-6-5-7-9-15/h5-12,14,19-20H,1H2,2-4H3. The van der Waals surface area contributed by atoms with Gasteiger partial charge in [0.15, 0.2) is 0 Å². The van der Waals surface area contributed by atoms with E-state index in [4.69, 9.17) is 0 Å². The molecule has 0 saturated heterocycles. The van der Waals surface area contributed by atoms with Gasteiger partial charge in [-0.05, 0) is 28.1 Å². The van der Waals surface area contributed by atoms with Crippen molar-refractivity contribution in [2.75, 3.05) is 0 Å². The first kappa shape index (κ1) is 13.1. The molecule has 0 nitrogen and oxygen atoms in total. The van der Waals surface area contributed by atoms with E-state index in [1.807, 2.05) is 0 Å². The molecule has 5 rings (SSSR count). The Morgan fingerprint density at radius 2 is 1.67 bits per heavy atom. The molecule has 2 aromatic carbocycles. The Morgan fingerprint density at radius 1 is 0.952 bits per heavy atom. The van der Waals surface area contributed by atoms with E-state index in [2.05, 4.69) is 75.1 Å². The Bertz CT molecular complexity index is 727. The second-order valence-corrected chi connectivity index (χ2v) is 11.9. The van der Waals surface area contributed by atoms with Crippen molar-refractivity contribution < 1.29 is 0 Å². The van der Waals surface area contributed by atoms with Crippen LogP contribution in [0, 0.1) is 5.92 Å². The second kappa shape index (κ2) is 4.20. The van der Waals surface area contributed by atoms with Gasteiger partial charge in [0.05, 0.1) is 8.07 Å². The number of benzene rings is 2. The molecule has 0 spiro atoms. The van der Waals surface area contributed by atoms with E-state index >= 15 is 0 Å². The van der Waals surface area contributed by atoms with E-state index in [0.717, 1.165) is 11.5 Å². The van der Waals surface area contributed by atoms with Crippen LogP contribution in [-0.4, -0.2) is 8.07 Å². The predicted molar refractivity (Wildman–Crippen MR) is 93.8 cm³/mol. The van der Waals surface area contributed by atoms with Crippen molar-refractivity contribution in [3.05, 3.63) is 66.2 Å². The van der Waals surface area contributed by atoms with Crippen LogP contribution in [0.1, 0.15) is 18.4 Å². The van der Waals surface area contributed by atoms with Crippen molar-refractivity contribution >= 4 is 13.3 Å². The minimum Gasteiger partial charge on any atom is -0.0992 e. The second-order valence-electron chi connectivity index (χ2n) is 7.28. The fourth-order valence-electron chi connectivity index (χ4n) is 4.93. The summed E-state index contributed by atoms with van der Waals surface area (Å²) in [6, 6.07) is 17.9. The van der Waals surface area contributed by atoms with Crippen LogP contribution in [-0.2, 0) is 0 Å². The van der Waals surface area contributed by atoms with Crippen LogP contribution < -0.4 is 5.19 Å². The fourth-order valence-corrected chi connectivity index (χ4v) is 9.36. The molecule has 2 aliphatic heterocycles.